The van der Waals surface area contributed by atoms with Gasteiger partial charge in [0.05, 0.1) is 6.10 Å². The first-order valence-corrected chi connectivity index (χ1v) is 5.92. The van der Waals surface area contributed by atoms with Crippen LogP contribution >= 0.6 is 35.0 Å². The zero-order chi connectivity index (χ0) is 9.84. The summed E-state index contributed by atoms with van der Waals surface area (Å²) in [6.07, 6.45) is 1.39. The molecular formula is C9H10Cl2OS. The lowest BCUT2D eigenvalue weighted by atomic mass is 10.1. The molecule has 1 unspecified atom stereocenters. The van der Waals surface area contributed by atoms with Gasteiger partial charge >= 0.3 is 0 Å². The fourth-order valence-electron chi connectivity index (χ4n) is 1.02. The van der Waals surface area contributed by atoms with Gasteiger partial charge in [0.1, 0.15) is 0 Å². The van der Waals surface area contributed by atoms with E-state index in [0.717, 1.165) is 0 Å². The SMILES string of the molecule is CSCC(O)c1cc(Cl)ccc1Cl. The average molecular weight is 237 g/mol. The van der Waals surface area contributed by atoms with Gasteiger partial charge in [-0.05, 0) is 24.5 Å². The minimum atomic E-state index is -0.541. The Morgan fingerprint density at radius 1 is 1.46 bits per heavy atom. The van der Waals surface area contributed by atoms with Crippen molar-refractivity contribution in [2.75, 3.05) is 12.0 Å². The Bertz CT molecular complexity index is 291. The third-order valence-electron chi connectivity index (χ3n) is 1.64. The molecule has 0 saturated carbocycles. The molecule has 0 radical (unpaired) electrons. The van der Waals surface area contributed by atoms with Crippen molar-refractivity contribution in [2.45, 2.75) is 6.10 Å². The maximum atomic E-state index is 9.66. The Balaban J connectivity index is 2.91. The lowest BCUT2D eigenvalue weighted by Gasteiger charge is -2.11. The summed E-state index contributed by atoms with van der Waals surface area (Å²) in [6.45, 7) is 0. The average Bonchev–Trinajstić information content (AvgIpc) is 2.09. The van der Waals surface area contributed by atoms with Crippen LogP contribution in [0.1, 0.15) is 11.7 Å². The molecule has 72 valence electrons. The number of aliphatic hydroxyl groups excluding tert-OH is 1. The maximum absolute atomic E-state index is 9.66. The Morgan fingerprint density at radius 2 is 2.15 bits per heavy atom. The lowest BCUT2D eigenvalue weighted by molar-refractivity contribution is 0.204. The summed E-state index contributed by atoms with van der Waals surface area (Å²) >= 11 is 13.3. The van der Waals surface area contributed by atoms with Crippen molar-refractivity contribution in [1.29, 1.82) is 0 Å². The second kappa shape index (κ2) is 5.11. The van der Waals surface area contributed by atoms with Gasteiger partial charge in [-0.1, -0.05) is 23.2 Å². The molecule has 0 aliphatic heterocycles. The fraction of sp³-hybridized carbons (Fsp3) is 0.333. The van der Waals surface area contributed by atoms with Gasteiger partial charge in [0.15, 0.2) is 0 Å². The molecule has 0 aliphatic carbocycles. The van der Waals surface area contributed by atoms with Gasteiger partial charge in [-0.3, -0.25) is 0 Å². The highest BCUT2D eigenvalue weighted by molar-refractivity contribution is 7.98. The minimum Gasteiger partial charge on any atom is -0.387 e. The number of rotatable bonds is 3. The molecule has 1 aromatic rings. The van der Waals surface area contributed by atoms with Crippen LogP contribution in [0.5, 0.6) is 0 Å². The highest BCUT2D eigenvalue weighted by Gasteiger charge is 2.10. The van der Waals surface area contributed by atoms with Gasteiger partial charge in [-0.25, -0.2) is 0 Å². The molecule has 0 fully saturated rings. The predicted molar refractivity (Wildman–Crippen MR) is 59.8 cm³/mol. The van der Waals surface area contributed by atoms with E-state index in [1.54, 1.807) is 30.0 Å². The number of hydrogen-bond acceptors (Lipinski definition) is 2. The van der Waals surface area contributed by atoms with Crippen LogP contribution in [0.25, 0.3) is 0 Å². The molecule has 0 heterocycles. The molecule has 0 amide bonds. The summed E-state index contributed by atoms with van der Waals surface area (Å²) in [6, 6.07) is 5.10. The highest BCUT2D eigenvalue weighted by Crippen LogP contribution is 2.27. The van der Waals surface area contributed by atoms with E-state index in [-0.39, 0.29) is 0 Å². The summed E-state index contributed by atoms with van der Waals surface area (Å²) in [5.74, 6) is 0.625. The zero-order valence-corrected chi connectivity index (χ0v) is 9.46. The second-order valence-electron chi connectivity index (χ2n) is 2.64. The van der Waals surface area contributed by atoms with Gasteiger partial charge in [0.25, 0.3) is 0 Å². The van der Waals surface area contributed by atoms with Crippen molar-refractivity contribution in [3.05, 3.63) is 33.8 Å². The standard InChI is InChI=1S/C9H10Cl2OS/c1-13-5-9(12)7-4-6(10)2-3-8(7)11/h2-4,9,12H,5H2,1H3. The van der Waals surface area contributed by atoms with Crippen LogP contribution in [0.4, 0.5) is 0 Å². The molecule has 4 heteroatoms. The van der Waals surface area contributed by atoms with E-state index in [4.69, 9.17) is 23.2 Å². The Labute approximate surface area is 92.1 Å². The van der Waals surface area contributed by atoms with Crippen molar-refractivity contribution in [1.82, 2.24) is 0 Å². The number of aliphatic hydroxyl groups is 1. The van der Waals surface area contributed by atoms with Crippen LogP contribution in [0.15, 0.2) is 18.2 Å². The Morgan fingerprint density at radius 3 is 2.77 bits per heavy atom. The maximum Gasteiger partial charge on any atom is 0.0895 e. The molecule has 1 aromatic carbocycles. The topological polar surface area (TPSA) is 20.2 Å². The van der Waals surface area contributed by atoms with E-state index >= 15 is 0 Å². The van der Waals surface area contributed by atoms with Gasteiger partial charge in [-0.2, -0.15) is 11.8 Å². The summed E-state index contributed by atoms with van der Waals surface area (Å²) in [7, 11) is 0. The van der Waals surface area contributed by atoms with Gasteiger partial charge in [0.2, 0.25) is 0 Å². The fourth-order valence-corrected chi connectivity index (χ4v) is 1.94. The van der Waals surface area contributed by atoms with Crippen LogP contribution in [0.3, 0.4) is 0 Å². The van der Waals surface area contributed by atoms with Crippen molar-refractivity contribution in [2.24, 2.45) is 0 Å². The van der Waals surface area contributed by atoms with Crippen LogP contribution in [0, 0.1) is 0 Å². The molecule has 13 heavy (non-hydrogen) atoms. The van der Waals surface area contributed by atoms with Crippen LogP contribution in [0.2, 0.25) is 10.0 Å². The molecule has 1 rings (SSSR count). The van der Waals surface area contributed by atoms with E-state index in [2.05, 4.69) is 0 Å². The molecule has 0 spiro atoms. The number of thioether (sulfide) groups is 1. The first-order valence-electron chi connectivity index (χ1n) is 3.77. The molecular weight excluding hydrogens is 227 g/mol. The van der Waals surface area contributed by atoms with E-state index in [9.17, 15) is 5.11 Å². The molecule has 1 atom stereocenters. The molecule has 1 N–H and O–H groups in total. The quantitative estimate of drug-likeness (QED) is 0.869. The monoisotopic (exact) mass is 236 g/mol. The van der Waals surface area contributed by atoms with Crippen LogP contribution in [-0.2, 0) is 0 Å². The van der Waals surface area contributed by atoms with Gasteiger partial charge in [0, 0.05) is 21.4 Å². The van der Waals surface area contributed by atoms with E-state index < -0.39 is 6.10 Å². The van der Waals surface area contributed by atoms with E-state index in [1.165, 1.54) is 0 Å². The van der Waals surface area contributed by atoms with Crippen molar-refractivity contribution < 1.29 is 5.11 Å². The van der Waals surface area contributed by atoms with Crippen molar-refractivity contribution in [3.63, 3.8) is 0 Å². The lowest BCUT2D eigenvalue weighted by Crippen LogP contribution is -2.00. The molecule has 0 aliphatic rings. The first kappa shape index (κ1) is 11.2. The summed E-state index contributed by atoms with van der Waals surface area (Å²) in [5.41, 5.74) is 0.698. The number of benzene rings is 1. The molecule has 1 nitrogen and oxygen atoms in total. The summed E-state index contributed by atoms with van der Waals surface area (Å²) < 4.78 is 0. The Hall–Kier alpha value is 0.110. The molecule has 0 aromatic heterocycles. The van der Waals surface area contributed by atoms with E-state index in [1.807, 2.05) is 6.26 Å². The highest BCUT2D eigenvalue weighted by atomic mass is 35.5. The molecule has 0 saturated heterocycles. The van der Waals surface area contributed by atoms with Crippen molar-refractivity contribution in [3.8, 4) is 0 Å². The van der Waals surface area contributed by atoms with Gasteiger partial charge < -0.3 is 5.11 Å². The first-order chi connectivity index (χ1) is 6.15. The normalized spacial score (nSPS) is 12.9. The third kappa shape index (κ3) is 3.06. The zero-order valence-electron chi connectivity index (χ0n) is 7.13. The summed E-state index contributed by atoms with van der Waals surface area (Å²) in [5, 5.41) is 10.8. The van der Waals surface area contributed by atoms with Crippen LogP contribution < -0.4 is 0 Å². The van der Waals surface area contributed by atoms with Crippen molar-refractivity contribution >= 4 is 35.0 Å². The Kier molecular flexibility index (Phi) is 4.39. The minimum absolute atomic E-state index is 0.541. The third-order valence-corrected chi connectivity index (χ3v) is 2.87. The smallest absolute Gasteiger partial charge is 0.0895 e. The largest absolute Gasteiger partial charge is 0.387 e. The van der Waals surface area contributed by atoms with Crippen LogP contribution in [-0.4, -0.2) is 17.1 Å². The van der Waals surface area contributed by atoms with E-state index in [0.29, 0.717) is 21.4 Å². The number of hydrogen-bond donors (Lipinski definition) is 1. The van der Waals surface area contributed by atoms with Gasteiger partial charge in [-0.15, -0.1) is 0 Å². The predicted octanol–water partition coefficient (Wildman–Crippen LogP) is 3.39. The summed E-state index contributed by atoms with van der Waals surface area (Å²) in [4.78, 5) is 0. The number of halogens is 2. The second-order valence-corrected chi connectivity index (χ2v) is 4.39. The molecule has 0 bridgehead atoms.